The molecule has 4 bridgehead atoms. The average molecular weight is 310 g/mol. The molecule has 0 heterocycles. The molecule has 1 aromatic carbocycles. The maximum atomic E-state index is 13.8. The predicted octanol–water partition coefficient (Wildman–Crippen LogP) is 4.25. The summed E-state index contributed by atoms with van der Waals surface area (Å²) < 4.78 is 41.4. The third-order valence-electron chi connectivity index (χ3n) is 6.37. The molecular formula is C17H21F3N2. The third kappa shape index (κ3) is 1.74. The van der Waals surface area contributed by atoms with Crippen molar-refractivity contribution in [3.05, 3.63) is 23.8 Å². The lowest BCUT2D eigenvalue weighted by atomic mass is 9.42. The van der Waals surface area contributed by atoms with Gasteiger partial charge in [0.15, 0.2) is 0 Å². The molecule has 1 aromatic rings. The van der Waals surface area contributed by atoms with E-state index in [4.69, 9.17) is 11.5 Å². The summed E-state index contributed by atoms with van der Waals surface area (Å²) in [7, 11) is 0. The lowest BCUT2D eigenvalue weighted by Crippen LogP contribution is -2.59. The molecule has 0 aromatic heterocycles. The Bertz CT molecular complexity index is 609. The molecule has 120 valence electrons. The topological polar surface area (TPSA) is 52.0 Å². The highest BCUT2D eigenvalue weighted by atomic mass is 19.4. The lowest BCUT2D eigenvalue weighted by molar-refractivity contribution is -0.277. The smallest absolute Gasteiger partial charge is 0.394 e. The Kier molecular flexibility index (Phi) is 2.66. The van der Waals surface area contributed by atoms with Gasteiger partial charge in [0.25, 0.3) is 0 Å². The molecule has 2 unspecified atom stereocenters. The fourth-order valence-electron chi connectivity index (χ4n) is 5.95. The van der Waals surface area contributed by atoms with E-state index < -0.39 is 17.0 Å². The highest BCUT2D eigenvalue weighted by Gasteiger charge is 2.67. The monoisotopic (exact) mass is 310 g/mol. The minimum atomic E-state index is -4.12. The largest absolute Gasteiger partial charge is 0.397 e. The molecule has 4 aliphatic carbocycles. The minimum absolute atomic E-state index is 0.170. The third-order valence-corrected chi connectivity index (χ3v) is 6.37. The van der Waals surface area contributed by atoms with Gasteiger partial charge in [0.05, 0.1) is 16.8 Å². The first kappa shape index (κ1) is 14.2. The van der Waals surface area contributed by atoms with Gasteiger partial charge in [-0.05, 0) is 67.4 Å². The summed E-state index contributed by atoms with van der Waals surface area (Å²) in [5, 5.41) is 0. The second-order valence-electron chi connectivity index (χ2n) is 7.83. The van der Waals surface area contributed by atoms with Crippen LogP contribution in [0.15, 0.2) is 18.2 Å². The summed E-state index contributed by atoms with van der Waals surface area (Å²) >= 11 is 0. The highest BCUT2D eigenvalue weighted by Crippen LogP contribution is 2.70. The van der Waals surface area contributed by atoms with Gasteiger partial charge < -0.3 is 11.5 Å². The molecule has 0 saturated heterocycles. The minimum Gasteiger partial charge on any atom is -0.397 e. The molecule has 5 rings (SSSR count). The Morgan fingerprint density at radius 1 is 1.00 bits per heavy atom. The first-order chi connectivity index (χ1) is 10.2. The van der Waals surface area contributed by atoms with Crippen molar-refractivity contribution >= 4 is 11.4 Å². The van der Waals surface area contributed by atoms with E-state index in [2.05, 4.69) is 0 Å². The van der Waals surface area contributed by atoms with Crippen molar-refractivity contribution in [2.24, 2.45) is 17.3 Å². The Morgan fingerprint density at radius 3 is 2.23 bits per heavy atom. The molecule has 2 nitrogen and oxygen atoms in total. The van der Waals surface area contributed by atoms with Crippen LogP contribution >= 0.6 is 0 Å². The average Bonchev–Trinajstić information content (AvgIpc) is 2.39. The number of benzene rings is 1. The number of hydrogen-bond acceptors (Lipinski definition) is 2. The molecule has 0 radical (unpaired) electrons. The normalized spacial score (nSPS) is 40.1. The van der Waals surface area contributed by atoms with E-state index in [0.29, 0.717) is 24.2 Å². The zero-order chi connectivity index (χ0) is 15.8. The van der Waals surface area contributed by atoms with Gasteiger partial charge in [-0.1, -0.05) is 12.1 Å². The summed E-state index contributed by atoms with van der Waals surface area (Å²) in [6, 6.07) is 5.43. The van der Waals surface area contributed by atoms with Gasteiger partial charge in [-0.2, -0.15) is 13.2 Å². The summed E-state index contributed by atoms with van der Waals surface area (Å²) in [6.45, 7) is 0. The van der Waals surface area contributed by atoms with Crippen molar-refractivity contribution in [1.82, 2.24) is 0 Å². The highest BCUT2D eigenvalue weighted by molar-refractivity contribution is 5.69. The van der Waals surface area contributed by atoms with Crippen LogP contribution < -0.4 is 11.5 Å². The first-order valence-corrected chi connectivity index (χ1v) is 7.96. The summed E-state index contributed by atoms with van der Waals surface area (Å²) in [6.07, 6.45) is -0.727. The molecule has 4 saturated carbocycles. The van der Waals surface area contributed by atoms with Crippen molar-refractivity contribution in [2.45, 2.75) is 50.1 Å². The van der Waals surface area contributed by atoms with Crippen LogP contribution in [-0.2, 0) is 5.41 Å². The van der Waals surface area contributed by atoms with Crippen LogP contribution in [0.25, 0.3) is 0 Å². The van der Waals surface area contributed by atoms with Gasteiger partial charge in [0, 0.05) is 0 Å². The molecule has 4 fully saturated rings. The fraction of sp³-hybridized carbons (Fsp3) is 0.647. The first-order valence-electron chi connectivity index (χ1n) is 7.96. The molecule has 0 spiro atoms. The molecule has 4 N–H and O–H groups in total. The molecular weight excluding hydrogens is 289 g/mol. The summed E-state index contributed by atoms with van der Waals surface area (Å²) in [5.74, 6) is 0.340. The van der Waals surface area contributed by atoms with Gasteiger partial charge in [0.1, 0.15) is 0 Å². The number of nitrogen functional groups attached to an aromatic ring is 2. The van der Waals surface area contributed by atoms with E-state index in [1.807, 2.05) is 12.1 Å². The van der Waals surface area contributed by atoms with E-state index in [1.54, 1.807) is 6.07 Å². The van der Waals surface area contributed by atoms with Crippen LogP contribution in [0.4, 0.5) is 24.5 Å². The van der Waals surface area contributed by atoms with Gasteiger partial charge in [0.2, 0.25) is 0 Å². The predicted molar refractivity (Wildman–Crippen MR) is 80.1 cm³/mol. The summed E-state index contributed by atoms with van der Waals surface area (Å²) in [5.41, 5.74) is 11.9. The quantitative estimate of drug-likeness (QED) is 0.762. The van der Waals surface area contributed by atoms with Gasteiger partial charge in [-0.25, -0.2) is 0 Å². The van der Waals surface area contributed by atoms with E-state index in [9.17, 15) is 13.2 Å². The Hall–Kier alpha value is -1.39. The number of alkyl halides is 3. The number of nitrogens with two attached hydrogens (primary N) is 2. The standard InChI is InChI=1S/C17H21F3N2/c18-17(19,20)16-7-10-4-11(8-16)6-15(5-10,9-16)12-2-1-3-13(21)14(12)22/h1-3,10-11H,4-9,21-22H2. The van der Waals surface area contributed by atoms with Crippen LogP contribution in [0.1, 0.15) is 44.1 Å². The van der Waals surface area contributed by atoms with Crippen molar-refractivity contribution in [1.29, 1.82) is 0 Å². The van der Waals surface area contributed by atoms with Crippen molar-refractivity contribution in [3.63, 3.8) is 0 Å². The molecule has 0 amide bonds. The van der Waals surface area contributed by atoms with Crippen LogP contribution in [-0.4, -0.2) is 6.18 Å². The van der Waals surface area contributed by atoms with E-state index in [-0.39, 0.29) is 18.3 Å². The van der Waals surface area contributed by atoms with Gasteiger partial charge >= 0.3 is 6.18 Å². The van der Waals surface area contributed by atoms with Crippen molar-refractivity contribution in [3.8, 4) is 0 Å². The SMILES string of the molecule is Nc1cccc(C23CC4CC(C2)CC(C(F)(F)F)(C4)C3)c1N. The van der Waals surface area contributed by atoms with E-state index >= 15 is 0 Å². The zero-order valence-corrected chi connectivity index (χ0v) is 12.4. The van der Waals surface area contributed by atoms with Crippen LogP contribution in [0.5, 0.6) is 0 Å². The number of rotatable bonds is 1. The van der Waals surface area contributed by atoms with Crippen LogP contribution in [0.3, 0.4) is 0 Å². The maximum absolute atomic E-state index is 13.8. The number of hydrogen-bond donors (Lipinski definition) is 2. The maximum Gasteiger partial charge on any atom is 0.394 e. The van der Waals surface area contributed by atoms with Crippen molar-refractivity contribution < 1.29 is 13.2 Å². The van der Waals surface area contributed by atoms with Gasteiger partial charge in [-0.15, -0.1) is 0 Å². The fourth-order valence-corrected chi connectivity index (χ4v) is 5.95. The lowest BCUT2D eigenvalue weighted by Gasteiger charge is -2.62. The Balaban J connectivity index is 1.84. The van der Waals surface area contributed by atoms with E-state index in [1.165, 1.54) is 0 Å². The number of para-hydroxylation sites is 1. The molecule has 5 heteroatoms. The van der Waals surface area contributed by atoms with Crippen LogP contribution in [0, 0.1) is 17.3 Å². The summed E-state index contributed by atoms with van der Waals surface area (Å²) in [4.78, 5) is 0. The van der Waals surface area contributed by atoms with Gasteiger partial charge in [-0.3, -0.25) is 0 Å². The molecule has 0 aliphatic heterocycles. The van der Waals surface area contributed by atoms with E-state index in [0.717, 1.165) is 24.8 Å². The Morgan fingerprint density at radius 2 is 1.64 bits per heavy atom. The Labute approximate surface area is 128 Å². The van der Waals surface area contributed by atoms with Crippen molar-refractivity contribution in [2.75, 3.05) is 11.5 Å². The second-order valence-corrected chi connectivity index (χ2v) is 7.83. The zero-order valence-electron chi connectivity index (χ0n) is 12.4. The number of halogens is 3. The number of anilines is 2. The molecule has 22 heavy (non-hydrogen) atoms. The van der Waals surface area contributed by atoms with Crippen LogP contribution in [0.2, 0.25) is 0 Å². The second kappa shape index (κ2) is 4.12. The molecule has 2 atom stereocenters. The molecule has 4 aliphatic rings.